The molecule has 1 heterocycles. The van der Waals surface area contributed by atoms with E-state index >= 15 is 0 Å². The van der Waals surface area contributed by atoms with Crippen LogP contribution in [0.25, 0.3) is 11.3 Å². The summed E-state index contributed by atoms with van der Waals surface area (Å²) in [7, 11) is 1.58. The predicted octanol–water partition coefficient (Wildman–Crippen LogP) is 4.72. The third-order valence-corrected chi connectivity index (χ3v) is 3.29. The van der Waals surface area contributed by atoms with E-state index in [1.807, 2.05) is 0 Å². The molecule has 5 heteroatoms. The molecule has 2 aromatic rings. The molecule has 0 spiro atoms. The third-order valence-electron chi connectivity index (χ3n) is 2.26. The van der Waals surface area contributed by atoms with Crippen LogP contribution in [0.15, 0.2) is 30.5 Å². The van der Waals surface area contributed by atoms with Crippen molar-refractivity contribution in [3.63, 3.8) is 0 Å². The second-order valence-electron chi connectivity index (χ2n) is 3.30. The first-order chi connectivity index (χ1) is 8.13. The molecule has 1 aromatic carbocycles. The van der Waals surface area contributed by atoms with Crippen molar-refractivity contribution in [3.8, 4) is 17.0 Å². The summed E-state index contributed by atoms with van der Waals surface area (Å²) in [5.41, 5.74) is 1.33. The van der Waals surface area contributed by atoms with Gasteiger partial charge in [0.1, 0.15) is 11.4 Å². The van der Waals surface area contributed by atoms with Gasteiger partial charge in [-0.15, -0.1) is 0 Å². The lowest BCUT2D eigenvalue weighted by Gasteiger charge is -2.09. The number of hydrogen-bond donors (Lipinski definition) is 0. The van der Waals surface area contributed by atoms with Crippen molar-refractivity contribution in [2.45, 2.75) is 0 Å². The van der Waals surface area contributed by atoms with Crippen molar-refractivity contribution in [1.82, 2.24) is 4.98 Å². The number of hydrogen-bond acceptors (Lipinski definition) is 2. The molecule has 2 rings (SSSR count). The van der Waals surface area contributed by atoms with Gasteiger partial charge in [0, 0.05) is 11.8 Å². The zero-order valence-corrected chi connectivity index (χ0v) is 11.1. The Morgan fingerprint density at radius 3 is 2.47 bits per heavy atom. The summed E-state index contributed by atoms with van der Waals surface area (Å²) in [6.07, 6.45) is 1.66. The van der Waals surface area contributed by atoms with Gasteiger partial charge in [-0.2, -0.15) is 0 Å². The van der Waals surface area contributed by atoms with E-state index in [1.165, 1.54) is 0 Å². The van der Waals surface area contributed by atoms with Gasteiger partial charge < -0.3 is 4.74 Å². The van der Waals surface area contributed by atoms with E-state index in [9.17, 15) is 0 Å². The van der Waals surface area contributed by atoms with E-state index in [4.69, 9.17) is 39.5 Å². The Hall–Kier alpha value is -0.960. The van der Waals surface area contributed by atoms with E-state index in [1.54, 1.807) is 37.6 Å². The number of aromatic nitrogens is 1. The zero-order chi connectivity index (χ0) is 12.4. The fourth-order valence-electron chi connectivity index (χ4n) is 1.46. The van der Waals surface area contributed by atoms with E-state index in [2.05, 4.69) is 4.98 Å². The lowest BCUT2D eigenvalue weighted by Crippen LogP contribution is -1.91. The molecule has 0 amide bonds. The summed E-state index contributed by atoms with van der Waals surface area (Å²) < 4.78 is 5.23. The van der Waals surface area contributed by atoms with Crippen LogP contribution in [0.3, 0.4) is 0 Å². The molecular weight excluding hydrogens is 280 g/mol. The third kappa shape index (κ3) is 2.49. The molecule has 2 nitrogen and oxygen atoms in total. The molecule has 1 aromatic heterocycles. The van der Waals surface area contributed by atoms with E-state index in [0.717, 1.165) is 0 Å². The van der Waals surface area contributed by atoms with Crippen LogP contribution >= 0.6 is 34.8 Å². The van der Waals surface area contributed by atoms with Crippen molar-refractivity contribution in [2.75, 3.05) is 7.11 Å². The summed E-state index contributed by atoms with van der Waals surface area (Å²) in [5, 5.41) is 1.32. The van der Waals surface area contributed by atoms with Crippen LogP contribution in [-0.4, -0.2) is 12.1 Å². The highest BCUT2D eigenvalue weighted by molar-refractivity contribution is 6.44. The molecule has 0 aliphatic heterocycles. The van der Waals surface area contributed by atoms with Gasteiger partial charge in [-0.3, -0.25) is 4.98 Å². The van der Waals surface area contributed by atoms with Gasteiger partial charge in [0.15, 0.2) is 0 Å². The van der Waals surface area contributed by atoms with Gasteiger partial charge in [0.25, 0.3) is 0 Å². The smallest absolute Gasteiger partial charge is 0.145 e. The lowest BCUT2D eigenvalue weighted by molar-refractivity contribution is 0.415. The standard InChI is InChI=1S/C12H8Cl3NO/c1-17-11-3-2-4-16-12(11)7-5-9(14)10(15)6-8(7)13/h2-6H,1H3. The minimum Gasteiger partial charge on any atom is -0.494 e. The maximum atomic E-state index is 6.13. The maximum absolute atomic E-state index is 6.13. The Morgan fingerprint density at radius 2 is 1.76 bits per heavy atom. The monoisotopic (exact) mass is 287 g/mol. The normalized spacial score (nSPS) is 10.4. The van der Waals surface area contributed by atoms with Gasteiger partial charge in [-0.05, 0) is 24.3 Å². The second kappa shape index (κ2) is 5.13. The highest BCUT2D eigenvalue weighted by atomic mass is 35.5. The largest absolute Gasteiger partial charge is 0.494 e. The molecule has 0 bridgehead atoms. The molecule has 0 unspecified atom stereocenters. The number of nitrogens with zero attached hydrogens (tertiary/aromatic N) is 1. The maximum Gasteiger partial charge on any atom is 0.145 e. The number of ether oxygens (including phenoxy) is 1. The van der Waals surface area contributed by atoms with Crippen LogP contribution in [0.5, 0.6) is 5.75 Å². The minimum absolute atomic E-state index is 0.412. The van der Waals surface area contributed by atoms with Gasteiger partial charge >= 0.3 is 0 Å². The van der Waals surface area contributed by atoms with Gasteiger partial charge in [-0.1, -0.05) is 34.8 Å². The molecule has 0 fully saturated rings. The van der Waals surface area contributed by atoms with E-state index in [-0.39, 0.29) is 0 Å². The summed E-state index contributed by atoms with van der Waals surface area (Å²) in [4.78, 5) is 4.24. The first-order valence-electron chi connectivity index (χ1n) is 4.77. The van der Waals surface area contributed by atoms with Gasteiger partial charge in [0.2, 0.25) is 0 Å². The number of methoxy groups -OCH3 is 1. The minimum atomic E-state index is 0.412. The first kappa shape index (κ1) is 12.5. The Balaban J connectivity index is 2.64. The molecule has 0 N–H and O–H groups in total. The fraction of sp³-hybridized carbons (Fsp3) is 0.0833. The molecule has 0 saturated heterocycles. The number of rotatable bonds is 2. The van der Waals surface area contributed by atoms with Crippen molar-refractivity contribution in [2.24, 2.45) is 0 Å². The molecule has 0 saturated carbocycles. The summed E-state index contributed by atoms with van der Waals surface area (Å²) in [5.74, 6) is 0.632. The van der Waals surface area contributed by atoms with Crippen LogP contribution in [0, 0.1) is 0 Å². The average Bonchev–Trinajstić information content (AvgIpc) is 2.34. The lowest BCUT2D eigenvalue weighted by atomic mass is 10.1. The SMILES string of the molecule is COc1cccnc1-c1cc(Cl)c(Cl)cc1Cl. The van der Waals surface area contributed by atoms with Crippen molar-refractivity contribution < 1.29 is 4.74 Å². The molecule has 88 valence electrons. The van der Waals surface area contributed by atoms with Crippen LogP contribution in [0.4, 0.5) is 0 Å². The van der Waals surface area contributed by atoms with Crippen molar-refractivity contribution >= 4 is 34.8 Å². The fourth-order valence-corrected chi connectivity index (χ4v) is 2.10. The first-order valence-corrected chi connectivity index (χ1v) is 5.91. The molecule has 0 atom stereocenters. The quantitative estimate of drug-likeness (QED) is 0.746. The Morgan fingerprint density at radius 1 is 1.06 bits per heavy atom. The summed E-state index contributed by atoms with van der Waals surface area (Å²) in [6, 6.07) is 6.86. The summed E-state index contributed by atoms with van der Waals surface area (Å²) >= 11 is 18.0. The predicted molar refractivity (Wildman–Crippen MR) is 71.3 cm³/mol. The molecule has 0 aliphatic carbocycles. The second-order valence-corrected chi connectivity index (χ2v) is 4.52. The Labute approximate surface area is 114 Å². The van der Waals surface area contributed by atoms with Gasteiger partial charge in [0.05, 0.1) is 22.2 Å². The molecule has 17 heavy (non-hydrogen) atoms. The highest BCUT2D eigenvalue weighted by Crippen LogP contribution is 2.37. The molecule has 0 radical (unpaired) electrons. The average molecular weight is 289 g/mol. The summed E-state index contributed by atoms with van der Waals surface area (Å²) in [6.45, 7) is 0. The molecule has 0 aliphatic rings. The van der Waals surface area contributed by atoms with E-state index < -0.39 is 0 Å². The van der Waals surface area contributed by atoms with Crippen molar-refractivity contribution in [3.05, 3.63) is 45.5 Å². The molecular formula is C12H8Cl3NO. The van der Waals surface area contributed by atoms with Crippen LogP contribution in [0.2, 0.25) is 15.1 Å². The number of halogens is 3. The zero-order valence-electron chi connectivity index (χ0n) is 8.88. The van der Waals surface area contributed by atoms with Crippen molar-refractivity contribution in [1.29, 1.82) is 0 Å². The van der Waals surface area contributed by atoms with Crippen LogP contribution in [-0.2, 0) is 0 Å². The Kier molecular flexibility index (Phi) is 3.77. The highest BCUT2D eigenvalue weighted by Gasteiger charge is 2.13. The topological polar surface area (TPSA) is 22.1 Å². The van der Waals surface area contributed by atoms with E-state index in [0.29, 0.717) is 32.1 Å². The Bertz CT molecular complexity index is 557. The van der Waals surface area contributed by atoms with Crippen LogP contribution in [0.1, 0.15) is 0 Å². The number of pyridine rings is 1. The van der Waals surface area contributed by atoms with Crippen LogP contribution < -0.4 is 4.74 Å². The number of benzene rings is 1. The van der Waals surface area contributed by atoms with Gasteiger partial charge in [-0.25, -0.2) is 0 Å².